The fourth-order valence-corrected chi connectivity index (χ4v) is 0.613. The first kappa shape index (κ1) is 9.29. The van der Waals surface area contributed by atoms with Gasteiger partial charge in [-0.15, -0.1) is 0 Å². The van der Waals surface area contributed by atoms with Crippen LogP contribution in [0.1, 0.15) is 0 Å². The van der Waals surface area contributed by atoms with Crippen LogP contribution < -0.4 is 0 Å². The van der Waals surface area contributed by atoms with Crippen molar-refractivity contribution < 1.29 is 9.31 Å². The lowest BCUT2D eigenvalue weighted by Crippen LogP contribution is -2.26. The van der Waals surface area contributed by atoms with Crippen molar-refractivity contribution in [1.29, 1.82) is 0 Å². The molecule has 6 heteroatoms. The Bertz CT molecular complexity index is 118. The molecule has 0 aliphatic rings. The van der Waals surface area contributed by atoms with Gasteiger partial charge in [0.2, 0.25) is 11.1 Å². The smallest absolute Gasteiger partial charge is 0.248 e. The Morgan fingerprint density at radius 3 is 2.33 bits per heavy atom. The molecule has 54 valence electrons. The van der Waals surface area contributed by atoms with Gasteiger partial charge in [-0.3, -0.25) is 10.1 Å². The van der Waals surface area contributed by atoms with Crippen molar-refractivity contribution >= 4 is 31.9 Å². The summed E-state index contributed by atoms with van der Waals surface area (Å²) in [5, 5.41) is 9.61. The maximum atomic E-state index is 12.5. The number of halogens is 3. The fraction of sp³-hybridized carbons (Fsp3) is 1.00. The van der Waals surface area contributed by atoms with E-state index >= 15 is 0 Å². The summed E-state index contributed by atoms with van der Waals surface area (Å²) < 4.78 is 10.6. The van der Waals surface area contributed by atoms with E-state index in [1.807, 2.05) is 0 Å². The molecule has 0 aromatic heterocycles. The zero-order valence-electron chi connectivity index (χ0n) is 4.31. The summed E-state index contributed by atoms with van der Waals surface area (Å²) in [7, 11) is 0. The number of nitrogens with zero attached hydrogens (tertiary/aromatic N) is 1. The van der Waals surface area contributed by atoms with E-state index in [1.165, 1.54) is 0 Å². The highest BCUT2D eigenvalue weighted by atomic mass is 79.9. The standard InChI is InChI=1S/C3H4Br2FNO2/c4-1-3(5,6)2-7(8)9/h1-2H2. The molecule has 0 saturated heterocycles. The van der Waals surface area contributed by atoms with Gasteiger partial charge in [-0.1, -0.05) is 15.9 Å². The Kier molecular flexibility index (Phi) is 3.57. The molecule has 1 unspecified atom stereocenters. The van der Waals surface area contributed by atoms with Gasteiger partial charge in [-0.05, 0) is 15.9 Å². The van der Waals surface area contributed by atoms with Gasteiger partial charge in [0.25, 0.3) is 0 Å². The van der Waals surface area contributed by atoms with E-state index in [2.05, 4.69) is 31.9 Å². The van der Waals surface area contributed by atoms with Crippen LogP contribution in [0.5, 0.6) is 0 Å². The maximum absolute atomic E-state index is 12.5. The van der Waals surface area contributed by atoms with Gasteiger partial charge < -0.3 is 0 Å². The molecule has 0 aliphatic heterocycles. The molecule has 0 radical (unpaired) electrons. The number of hydrogen-bond acceptors (Lipinski definition) is 2. The molecular weight excluding hydrogens is 261 g/mol. The predicted octanol–water partition coefficient (Wildman–Crippen LogP) is 1.72. The van der Waals surface area contributed by atoms with Gasteiger partial charge in [0.05, 0.1) is 5.33 Å². The van der Waals surface area contributed by atoms with E-state index < -0.39 is 16.0 Å². The molecule has 0 rings (SSSR count). The zero-order chi connectivity index (χ0) is 7.49. The van der Waals surface area contributed by atoms with E-state index in [0.29, 0.717) is 0 Å². The average Bonchev–Trinajstić information content (AvgIpc) is 1.63. The second-order valence-corrected chi connectivity index (χ2v) is 3.46. The van der Waals surface area contributed by atoms with E-state index in [1.54, 1.807) is 0 Å². The maximum Gasteiger partial charge on any atom is 0.248 e. The van der Waals surface area contributed by atoms with E-state index in [4.69, 9.17) is 0 Å². The Hall–Kier alpha value is 0.290. The summed E-state index contributed by atoms with van der Waals surface area (Å²) >= 11 is 5.30. The normalized spacial score (nSPS) is 16.8. The first-order valence-electron chi connectivity index (χ1n) is 2.03. The number of nitro groups is 1. The van der Waals surface area contributed by atoms with Crippen LogP contribution in [0, 0.1) is 10.1 Å². The third kappa shape index (κ3) is 4.77. The molecule has 0 aliphatic carbocycles. The Labute approximate surface area is 68.0 Å². The average molecular weight is 265 g/mol. The van der Waals surface area contributed by atoms with Crippen LogP contribution in [0.3, 0.4) is 0 Å². The molecule has 0 N–H and O–H groups in total. The quantitative estimate of drug-likeness (QED) is 0.443. The molecule has 0 saturated carbocycles. The van der Waals surface area contributed by atoms with Gasteiger partial charge in [0.1, 0.15) is 0 Å². The zero-order valence-corrected chi connectivity index (χ0v) is 7.48. The third-order valence-electron chi connectivity index (χ3n) is 0.556. The Morgan fingerprint density at radius 1 is 1.78 bits per heavy atom. The largest absolute Gasteiger partial charge is 0.264 e. The van der Waals surface area contributed by atoms with E-state index in [-0.39, 0.29) is 5.33 Å². The number of rotatable bonds is 3. The summed E-state index contributed by atoms with van der Waals surface area (Å²) in [5.41, 5.74) is 0. The van der Waals surface area contributed by atoms with Gasteiger partial charge >= 0.3 is 0 Å². The highest BCUT2D eigenvalue weighted by molar-refractivity contribution is 9.12. The van der Waals surface area contributed by atoms with Crippen molar-refractivity contribution in [1.82, 2.24) is 0 Å². The topological polar surface area (TPSA) is 43.1 Å². The van der Waals surface area contributed by atoms with Crippen LogP contribution in [-0.4, -0.2) is 21.4 Å². The van der Waals surface area contributed by atoms with E-state index in [0.717, 1.165) is 0 Å². The summed E-state index contributed by atoms with van der Waals surface area (Å²) in [6, 6.07) is 0. The second kappa shape index (κ2) is 3.46. The molecule has 1 atom stereocenters. The van der Waals surface area contributed by atoms with Crippen LogP contribution in [0.15, 0.2) is 0 Å². The Morgan fingerprint density at radius 2 is 2.22 bits per heavy atom. The molecule has 3 nitrogen and oxygen atoms in total. The fourth-order valence-electron chi connectivity index (χ4n) is 0.231. The van der Waals surface area contributed by atoms with Crippen molar-refractivity contribution in [2.75, 3.05) is 11.9 Å². The van der Waals surface area contributed by atoms with Crippen LogP contribution in [0.2, 0.25) is 0 Å². The second-order valence-electron chi connectivity index (χ2n) is 1.48. The van der Waals surface area contributed by atoms with Crippen molar-refractivity contribution in [3.63, 3.8) is 0 Å². The minimum Gasteiger partial charge on any atom is -0.264 e. The van der Waals surface area contributed by atoms with E-state index in [9.17, 15) is 14.5 Å². The van der Waals surface area contributed by atoms with Gasteiger partial charge in [0, 0.05) is 4.92 Å². The van der Waals surface area contributed by atoms with Gasteiger partial charge in [0.15, 0.2) is 0 Å². The molecule has 0 amide bonds. The summed E-state index contributed by atoms with van der Waals surface area (Å²) in [6.07, 6.45) is 0. The summed E-state index contributed by atoms with van der Waals surface area (Å²) in [5.74, 6) is 0. The Balaban J connectivity index is 3.71. The predicted molar refractivity (Wildman–Crippen MR) is 38.4 cm³/mol. The first-order valence-corrected chi connectivity index (χ1v) is 3.95. The highest BCUT2D eigenvalue weighted by Crippen LogP contribution is 2.22. The molecule has 0 fully saturated rings. The van der Waals surface area contributed by atoms with Crippen molar-refractivity contribution in [3.8, 4) is 0 Å². The number of hydrogen-bond donors (Lipinski definition) is 0. The van der Waals surface area contributed by atoms with Crippen molar-refractivity contribution in [2.24, 2.45) is 0 Å². The van der Waals surface area contributed by atoms with Crippen molar-refractivity contribution in [2.45, 2.75) is 4.58 Å². The molecule has 0 aromatic rings. The summed E-state index contributed by atoms with van der Waals surface area (Å²) in [6.45, 7) is -0.724. The molecular formula is C3H4Br2FNO2. The van der Waals surface area contributed by atoms with Crippen LogP contribution in [-0.2, 0) is 0 Å². The molecule has 0 spiro atoms. The first-order chi connectivity index (χ1) is 3.98. The minimum atomic E-state index is -1.91. The minimum absolute atomic E-state index is 0.0824. The van der Waals surface area contributed by atoms with Crippen LogP contribution in [0.25, 0.3) is 0 Å². The lowest BCUT2D eigenvalue weighted by atomic mass is 10.4. The third-order valence-corrected chi connectivity index (χ3v) is 2.73. The SMILES string of the molecule is O=[N+]([O-])CC(F)(Br)CBr. The molecule has 9 heavy (non-hydrogen) atoms. The highest BCUT2D eigenvalue weighted by Gasteiger charge is 2.30. The summed E-state index contributed by atoms with van der Waals surface area (Å²) in [4.78, 5) is 8.98. The number of alkyl halides is 3. The monoisotopic (exact) mass is 263 g/mol. The lowest BCUT2D eigenvalue weighted by molar-refractivity contribution is -0.488. The molecule has 0 bridgehead atoms. The van der Waals surface area contributed by atoms with Crippen molar-refractivity contribution in [3.05, 3.63) is 10.1 Å². The van der Waals surface area contributed by atoms with Gasteiger partial charge in [-0.25, -0.2) is 4.39 Å². The lowest BCUT2D eigenvalue weighted by Gasteiger charge is -2.07. The molecule has 0 heterocycles. The van der Waals surface area contributed by atoms with Crippen LogP contribution in [0.4, 0.5) is 4.39 Å². The molecule has 0 aromatic carbocycles. The van der Waals surface area contributed by atoms with Crippen LogP contribution >= 0.6 is 31.9 Å². The van der Waals surface area contributed by atoms with Gasteiger partial charge in [-0.2, -0.15) is 0 Å².